The summed E-state index contributed by atoms with van der Waals surface area (Å²) in [5, 5.41) is 1.89. The van der Waals surface area contributed by atoms with Crippen molar-refractivity contribution >= 4 is 22.5 Å². The third-order valence-corrected chi connectivity index (χ3v) is 7.25. The van der Waals surface area contributed by atoms with Crippen LogP contribution in [0.15, 0.2) is 65.8 Å². The number of benzene rings is 2. The first-order valence-corrected chi connectivity index (χ1v) is 12.3. The van der Waals surface area contributed by atoms with Gasteiger partial charge in [0.15, 0.2) is 0 Å². The van der Waals surface area contributed by atoms with Gasteiger partial charge < -0.3 is 9.47 Å². The van der Waals surface area contributed by atoms with Gasteiger partial charge in [0, 0.05) is 53.8 Å². The van der Waals surface area contributed by atoms with Crippen molar-refractivity contribution in [3.05, 3.63) is 87.9 Å². The second kappa shape index (κ2) is 9.43. The van der Waals surface area contributed by atoms with Gasteiger partial charge in [-0.15, -0.1) is 0 Å². The summed E-state index contributed by atoms with van der Waals surface area (Å²) in [7, 11) is 0. The highest BCUT2D eigenvalue weighted by Gasteiger charge is 2.24. The highest BCUT2D eigenvalue weighted by atomic mass is 35.5. The second-order valence-corrected chi connectivity index (χ2v) is 9.92. The average molecular weight is 481 g/mol. The Balaban J connectivity index is 1.31. The van der Waals surface area contributed by atoms with Crippen molar-refractivity contribution in [2.24, 2.45) is 0 Å². The number of piperidine rings is 1. The molecule has 1 aliphatic heterocycles. The fourth-order valence-corrected chi connectivity index (χ4v) is 5.24. The fourth-order valence-electron chi connectivity index (χ4n) is 5.08. The van der Waals surface area contributed by atoms with E-state index in [-0.39, 0.29) is 17.5 Å². The maximum absolute atomic E-state index is 13.5. The standard InChI is InChI=1S/C27H30ClFN4O/c1-19(2)32-16-15-31(27(32)34)14-13-30-11-9-20(10-12-30)25-18-33(23-6-4-22(29)5-7-23)26-17-21(28)3-8-24(25)26/h3-8,15-20H,9-14H2,1-2H3. The van der Waals surface area contributed by atoms with Crippen molar-refractivity contribution in [3.63, 3.8) is 0 Å². The molecule has 3 heterocycles. The first-order chi connectivity index (χ1) is 16.4. The van der Waals surface area contributed by atoms with Crippen molar-refractivity contribution in [1.82, 2.24) is 18.6 Å². The molecule has 1 fully saturated rings. The van der Waals surface area contributed by atoms with Crippen LogP contribution in [0.2, 0.25) is 5.02 Å². The Morgan fingerprint density at radius 3 is 2.44 bits per heavy atom. The minimum atomic E-state index is -0.242. The number of hydrogen-bond acceptors (Lipinski definition) is 2. The molecule has 178 valence electrons. The number of halogens is 2. The lowest BCUT2D eigenvalue weighted by molar-refractivity contribution is 0.205. The van der Waals surface area contributed by atoms with Crippen LogP contribution in [0.3, 0.4) is 0 Å². The van der Waals surface area contributed by atoms with Gasteiger partial charge in [-0.05, 0) is 87.7 Å². The minimum absolute atomic E-state index is 0.0668. The normalized spacial score (nSPS) is 15.6. The first-order valence-electron chi connectivity index (χ1n) is 12.0. The predicted octanol–water partition coefficient (Wildman–Crippen LogP) is 5.85. The second-order valence-electron chi connectivity index (χ2n) is 9.48. The quantitative estimate of drug-likeness (QED) is 0.347. The zero-order chi connectivity index (χ0) is 23.8. The third-order valence-electron chi connectivity index (χ3n) is 7.02. The summed E-state index contributed by atoms with van der Waals surface area (Å²) < 4.78 is 19.2. The van der Waals surface area contributed by atoms with Gasteiger partial charge in [0.1, 0.15) is 5.82 Å². The lowest BCUT2D eigenvalue weighted by Gasteiger charge is -2.32. The van der Waals surface area contributed by atoms with Gasteiger partial charge in [-0.1, -0.05) is 17.7 Å². The average Bonchev–Trinajstić information content (AvgIpc) is 3.39. The van der Waals surface area contributed by atoms with E-state index in [0.29, 0.717) is 17.5 Å². The zero-order valence-electron chi connectivity index (χ0n) is 19.6. The number of rotatable bonds is 6. The molecule has 0 aliphatic carbocycles. The largest absolute Gasteiger partial charge is 0.328 e. The van der Waals surface area contributed by atoms with E-state index in [1.54, 1.807) is 16.7 Å². The Hall–Kier alpha value is -2.83. The van der Waals surface area contributed by atoms with Crippen LogP contribution in [-0.4, -0.2) is 38.2 Å². The van der Waals surface area contributed by atoms with E-state index >= 15 is 0 Å². The molecular formula is C27H30ClFN4O. The molecule has 0 radical (unpaired) electrons. The third kappa shape index (κ3) is 4.44. The molecule has 4 aromatic rings. The molecule has 1 aliphatic rings. The maximum atomic E-state index is 13.5. The molecule has 0 bridgehead atoms. The van der Waals surface area contributed by atoms with E-state index in [0.717, 1.165) is 43.7 Å². The van der Waals surface area contributed by atoms with Gasteiger partial charge in [0.25, 0.3) is 0 Å². The smallest absolute Gasteiger partial charge is 0.316 e. The van der Waals surface area contributed by atoms with Crippen LogP contribution in [0.4, 0.5) is 4.39 Å². The van der Waals surface area contributed by atoms with Crippen LogP contribution in [-0.2, 0) is 6.54 Å². The summed E-state index contributed by atoms with van der Waals surface area (Å²) >= 11 is 6.33. The minimum Gasteiger partial charge on any atom is -0.316 e. The maximum Gasteiger partial charge on any atom is 0.328 e. The van der Waals surface area contributed by atoms with Crippen molar-refractivity contribution < 1.29 is 4.39 Å². The summed E-state index contributed by atoms with van der Waals surface area (Å²) in [5.41, 5.74) is 3.36. The van der Waals surface area contributed by atoms with E-state index in [2.05, 4.69) is 21.7 Å². The highest BCUT2D eigenvalue weighted by Crippen LogP contribution is 2.36. The zero-order valence-corrected chi connectivity index (χ0v) is 20.4. The summed E-state index contributed by atoms with van der Waals surface area (Å²) in [4.78, 5) is 14.9. The Kier molecular flexibility index (Phi) is 6.36. The first kappa shape index (κ1) is 22.9. The van der Waals surface area contributed by atoms with E-state index in [9.17, 15) is 9.18 Å². The predicted molar refractivity (Wildman–Crippen MR) is 136 cm³/mol. The molecule has 0 atom stereocenters. The molecule has 0 unspecified atom stereocenters. The fraction of sp³-hybridized carbons (Fsp3) is 0.370. The molecule has 2 aromatic carbocycles. The Labute approximate surface area is 204 Å². The highest BCUT2D eigenvalue weighted by molar-refractivity contribution is 6.31. The van der Waals surface area contributed by atoms with E-state index in [4.69, 9.17) is 11.6 Å². The Morgan fingerprint density at radius 2 is 1.76 bits per heavy atom. The molecule has 5 rings (SSSR count). The van der Waals surface area contributed by atoms with Gasteiger partial charge in [0.05, 0.1) is 5.52 Å². The monoisotopic (exact) mass is 480 g/mol. The molecule has 5 nitrogen and oxygen atoms in total. The molecule has 7 heteroatoms. The van der Waals surface area contributed by atoms with E-state index in [1.165, 1.54) is 23.1 Å². The number of aromatic nitrogens is 3. The molecular weight excluding hydrogens is 451 g/mol. The molecule has 0 saturated carbocycles. The van der Waals surface area contributed by atoms with Crippen LogP contribution in [0.5, 0.6) is 0 Å². The number of nitrogens with zero attached hydrogens (tertiary/aromatic N) is 4. The molecule has 0 amide bonds. The van der Waals surface area contributed by atoms with Crippen molar-refractivity contribution in [2.75, 3.05) is 19.6 Å². The lowest BCUT2D eigenvalue weighted by atomic mass is 9.89. The Morgan fingerprint density at radius 1 is 1.03 bits per heavy atom. The van der Waals surface area contributed by atoms with Crippen molar-refractivity contribution in [3.8, 4) is 5.69 Å². The number of imidazole rings is 1. The molecule has 0 spiro atoms. The van der Waals surface area contributed by atoms with Crippen LogP contribution in [0.25, 0.3) is 16.6 Å². The molecule has 2 aromatic heterocycles. The van der Waals surface area contributed by atoms with Gasteiger partial charge in [-0.3, -0.25) is 9.13 Å². The lowest BCUT2D eigenvalue weighted by Crippen LogP contribution is -2.37. The van der Waals surface area contributed by atoms with Crippen LogP contribution in [0.1, 0.15) is 44.2 Å². The van der Waals surface area contributed by atoms with Crippen molar-refractivity contribution in [2.45, 2.75) is 45.2 Å². The van der Waals surface area contributed by atoms with Crippen LogP contribution in [0, 0.1) is 5.82 Å². The molecule has 0 N–H and O–H groups in total. The van der Waals surface area contributed by atoms with Crippen LogP contribution >= 0.6 is 11.6 Å². The summed E-state index contributed by atoms with van der Waals surface area (Å²) in [6.45, 7) is 7.64. The van der Waals surface area contributed by atoms with Crippen molar-refractivity contribution in [1.29, 1.82) is 0 Å². The summed E-state index contributed by atoms with van der Waals surface area (Å²) in [6.07, 6.45) is 8.09. The topological polar surface area (TPSA) is 35.1 Å². The summed E-state index contributed by atoms with van der Waals surface area (Å²) in [6, 6.07) is 12.8. The molecule has 1 saturated heterocycles. The van der Waals surface area contributed by atoms with E-state index in [1.807, 2.05) is 42.9 Å². The SMILES string of the molecule is CC(C)n1ccn(CCN2CCC(c3cn(-c4ccc(F)cc4)c4cc(Cl)ccc34)CC2)c1=O. The number of likely N-dealkylation sites (tertiary alicyclic amines) is 1. The molecule has 34 heavy (non-hydrogen) atoms. The van der Waals surface area contributed by atoms with Gasteiger partial charge >= 0.3 is 5.69 Å². The Bertz CT molecular complexity index is 1340. The number of hydrogen-bond donors (Lipinski definition) is 0. The van der Waals surface area contributed by atoms with Crippen LogP contribution < -0.4 is 5.69 Å². The van der Waals surface area contributed by atoms with Gasteiger partial charge in [-0.2, -0.15) is 0 Å². The number of fused-ring (bicyclic) bond motifs is 1. The van der Waals surface area contributed by atoms with Gasteiger partial charge in [0.2, 0.25) is 0 Å². The van der Waals surface area contributed by atoms with Gasteiger partial charge in [-0.25, -0.2) is 9.18 Å². The van der Waals surface area contributed by atoms with E-state index < -0.39 is 0 Å². The summed E-state index contributed by atoms with van der Waals surface area (Å²) in [5.74, 6) is 0.209.